The SMILES string of the molecule is CN(Cc1cnc2ncccn12)C[C@@H]1CCN(C)[C@H]1c1cccnc1. The minimum atomic E-state index is 0.444. The highest BCUT2D eigenvalue weighted by Gasteiger charge is 2.33. The summed E-state index contributed by atoms with van der Waals surface area (Å²) in [5.74, 6) is 1.37. The number of pyridine rings is 1. The van der Waals surface area contributed by atoms with Crippen molar-refractivity contribution in [1.82, 2.24) is 29.2 Å². The van der Waals surface area contributed by atoms with E-state index in [1.54, 1.807) is 6.20 Å². The monoisotopic (exact) mass is 336 g/mol. The van der Waals surface area contributed by atoms with Crippen LogP contribution in [0.5, 0.6) is 0 Å². The third kappa shape index (κ3) is 3.27. The van der Waals surface area contributed by atoms with Gasteiger partial charge in [0.1, 0.15) is 0 Å². The number of hydrogen-bond donors (Lipinski definition) is 0. The summed E-state index contributed by atoms with van der Waals surface area (Å²) in [4.78, 5) is 17.8. The predicted octanol–water partition coefficient (Wildman–Crippen LogP) is 2.25. The minimum absolute atomic E-state index is 0.444. The molecule has 1 aliphatic heterocycles. The topological polar surface area (TPSA) is 49.6 Å². The third-order valence-electron chi connectivity index (χ3n) is 5.14. The molecule has 2 atom stereocenters. The van der Waals surface area contributed by atoms with Gasteiger partial charge in [-0.05, 0) is 50.7 Å². The number of nitrogens with zero attached hydrogens (tertiary/aromatic N) is 6. The van der Waals surface area contributed by atoms with E-state index in [0.29, 0.717) is 12.0 Å². The second-order valence-corrected chi connectivity index (χ2v) is 7.00. The zero-order valence-electron chi connectivity index (χ0n) is 14.8. The van der Waals surface area contributed by atoms with E-state index in [4.69, 9.17) is 0 Å². The van der Waals surface area contributed by atoms with Gasteiger partial charge in [0.15, 0.2) is 0 Å². The Morgan fingerprint density at radius 3 is 2.96 bits per heavy atom. The fourth-order valence-electron chi connectivity index (χ4n) is 4.03. The summed E-state index contributed by atoms with van der Waals surface area (Å²) in [6.45, 7) is 3.06. The lowest BCUT2D eigenvalue weighted by atomic mass is 9.94. The van der Waals surface area contributed by atoms with Crippen LogP contribution in [0.15, 0.2) is 49.2 Å². The van der Waals surface area contributed by atoms with Crippen LogP contribution < -0.4 is 0 Å². The van der Waals surface area contributed by atoms with Crippen molar-refractivity contribution in [3.8, 4) is 0 Å². The Morgan fingerprint density at radius 2 is 2.12 bits per heavy atom. The van der Waals surface area contributed by atoms with Crippen LogP contribution in [0.1, 0.15) is 23.7 Å². The second-order valence-electron chi connectivity index (χ2n) is 7.00. The molecular weight excluding hydrogens is 312 g/mol. The Bertz CT molecular complexity index is 830. The van der Waals surface area contributed by atoms with Crippen molar-refractivity contribution >= 4 is 5.78 Å². The molecule has 0 N–H and O–H groups in total. The van der Waals surface area contributed by atoms with Crippen LogP contribution in [-0.4, -0.2) is 56.3 Å². The standard InChI is InChI=1S/C19H24N6/c1-23(14-17-12-22-19-21-8-4-9-25(17)19)13-16-6-10-24(2)18(16)15-5-3-7-20-11-15/h3-5,7-9,11-12,16,18H,6,10,13-14H2,1-2H3/t16-,18-/m0/s1. The zero-order valence-corrected chi connectivity index (χ0v) is 14.8. The van der Waals surface area contributed by atoms with Gasteiger partial charge < -0.3 is 4.90 Å². The molecule has 3 aromatic heterocycles. The number of likely N-dealkylation sites (tertiary alicyclic amines) is 1. The van der Waals surface area contributed by atoms with Crippen molar-refractivity contribution < 1.29 is 0 Å². The molecule has 0 aliphatic carbocycles. The molecule has 3 aromatic rings. The van der Waals surface area contributed by atoms with Crippen molar-refractivity contribution in [3.05, 3.63) is 60.4 Å². The van der Waals surface area contributed by atoms with E-state index in [9.17, 15) is 0 Å². The van der Waals surface area contributed by atoms with E-state index in [2.05, 4.69) is 49.3 Å². The lowest BCUT2D eigenvalue weighted by molar-refractivity contribution is 0.212. The largest absolute Gasteiger partial charge is 0.300 e. The fraction of sp³-hybridized carbons (Fsp3) is 0.421. The molecule has 0 unspecified atom stereocenters. The van der Waals surface area contributed by atoms with Crippen LogP contribution in [0, 0.1) is 5.92 Å². The summed E-state index contributed by atoms with van der Waals surface area (Å²) in [5.41, 5.74) is 2.50. The summed E-state index contributed by atoms with van der Waals surface area (Å²) in [6.07, 6.45) is 10.8. The van der Waals surface area contributed by atoms with Gasteiger partial charge in [-0.2, -0.15) is 0 Å². The van der Waals surface area contributed by atoms with Gasteiger partial charge >= 0.3 is 0 Å². The molecule has 0 aromatic carbocycles. The van der Waals surface area contributed by atoms with Gasteiger partial charge in [0, 0.05) is 43.9 Å². The summed E-state index contributed by atoms with van der Waals surface area (Å²) in [7, 11) is 4.40. The van der Waals surface area contributed by atoms with Crippen LogP contribution in [0.2, 0.25) is 0 Å². The average Bonchev–Trinajstić information content (AvgIpc) is 3.20. The van der Waals surface area contributed by atoms with E-state index in [1.807, 2.05) is 36.9 Å². The number of aromatic nitrogens is 4. The molecule has 1 fully saturated rings. The van der Waals surface area contributed by atoms with Crippen LogP contribution >= 0.6 is 0 Å². The molecule has 0 radical (unpaired) electrons. The summed E-state index contributed by atoms with van der Waals surface area (Å²) in [5, 5.41) is 0. The summed E-state index contributed by atoms with van der Waals surface area (Å²) in [6, 6.07) is 6.62. The Balaban J connectivity index is 1.47. The highest BCUT2D eigenvalue weighted by Crippen LogP contribution is 2.36. The van der Waals surface area contributed by atoms with Crippen molar-refractivity contribution in [2.75, 3.05) is 27.2 Å². The molecule has 0 saturated carbocycles. The lowest BCUT2D eigenvalue weighted by Gasteiger charge is -2.28. The van der Waals surface area contributed by atoms with Gasteiger partial charge in [-0.25, -0.2) is 9.97 Å². The maximum atomic E-state index is 4.39. The summed E-state index contributed by atoms with van der Waals surface area (Å²) < 4.78 is 2.07. The van der Waals surface area contributed by atoms with Gasteiger partial charge in [-0.1, -0.05) is 6.07 Å². The van der Waals surface area contributed by atoms with Crippen molar-refractivity contribution in [3.63, 3.8) is 0 Å². The van der Waals surface area contributed by atoms with Gasteiger partial charge in [-0.3, -0.25) is 14.3 Å². The van der Waals surface area contributed by atoms with Crippen LogP contribution in [0.25, 0.3) is 5.78 Å². The molecule has 6 heteroatoms. The highest BCUT2D eigenvalue weighted by molar-refractivity contribution is 5.30. The number of hydrogen-bond acceptors (Lipinski definition) is 5. The Labute approximate surface area is 148 Å². The molecule has 1 saturated heterocycles. The maximum Gasteiger partial charge on any atom is 0.233 e. The van der Waals surface area contributed by atoms with E-state index in [0.717, 1.165) is 25.4 Å². The maximum absolute atomic E-state index is 4.39. The van der Waals surface area contributed by atoms with Crippen LogP contribution in [-0.2, 0) is 6.54 Å². The molecular formula is C19H24N6. The molecule has 25 heavy (non-hydrogen) atoms. The van der Waals surface area contributed by atoms with Crippen molar-refractivity contribution in [1.29, 1.82) is 0 Å². The number of rotatable bonds is 5. The van der Waals surface area contributed by atoms with E-state index >= 15 is 0 Å². The smallest absolute Gasteiger partial charge is 0.233 e. The number of imidazole rings is 1. The van der Waals surface area contributed by atoms with Gasteiger partial charge in [0.2, 0.25) is 5.78 Å². The normalized spacial score (nSPS) is 21.4. The highest BCUT2D eigenvalue weighted by atomic mass is 15.2. The molecule has 6 nitrogen and oxygen atoms in total. The molecule has 1 aliphatic rings. The predicted molar refractivity (Wildman–Crippen MR) is 97.0 cm³/mol. The zero-order chi connectivity index (χ0) is 17.2. The first-order valence-electron chi connectivity index (χ1n) is 8.78. The summed E-state index contributed by atoms with van der Waals surface area (Å²) >= 11 is 0. The molecule has 0 amide bonds. The third-order valence-corrected chi connectivity index (χ3v) is 5.14. The Hall–Kier alpha value is -2.31. The van der Waals surface area contributed by atoms with Crippen LogP contribution in [0.3, 0.4) is 0 Å². The number of fused-ring (bicyclic) bond motifs is 1. The van der Waals surface area contributed by atoms with Crippen molar-refractivity contribution in [2.24, 2.45) is 5.92 Å². The second kappa shape index (κ2) is 6.90. The van der Waals surface area contributed by atoms with E-state index in [1.165, 1.54) is 17.7 Å². The Kier molecular flexibility index (Phi) is 4.46. The first-order chi connectivity index (χ1) is 12.2. The lowest BCUT2D eigenvalue weighted by Crippen LogP contribution is -2.30. The minimum Gasteiger partial charge on any atom is -0.300 e. The van der Waals surface area contributed by atoms with Gasteiger partial charge in [0.25, 0.3) is 0 Å². The van der Waals surface area contributed by atoms with E-state index in [-0.39, 0.29) is 0 Å². The van der Waals surface area contributed by atoms with Gasteiger partial charge in [-0.15, -0.1) is 0 Å². The average molecular weight is 336 g/mol. The molecule has 4 rings (SSSR count). The molecule has 0 spiro atoms. The van der Waals surface area contributed by atoms with E-state index < -0.39 is 0 Å². The molecule has 130 valence electrons. The first kappa shape index (κ1) is 16.2. The van der Waals surface area contributed by atoms with Crippen LogP contribution in [0.4, 0.5) is 0 Å². The molecule has 4 heterocycles. The quantitative estimate of drug-likeness (QED) is 0.715. The first-order valence-corrected chi connectivity index (χ1v) is 8.78. The Morgan fingerprint density at radius 1 is 1.20 bits per heavy atom. The molecule has 0 bridgehead atoms. The fourth-order valence-corrected chi connectivity index (χ4v) is 4.03. The van der Waals surface area contributed by atoms with Gasteiger partial charge in [0.05, 0.1) is 11.9 Å². The van der Waals surface area contributed by atoms with Crippen molar-refractivity contribution in [2.45, 2.75) is 19.0 Å².